The summed E-state index contributed by atoms with van der Waals surface area (Å²) in [6, 6.07) is 67.3. The molecule has 0 spiro atoms. The van der Waals surface area contributed by atoms with Crippen LogP contribution in [0.3, 0.4) is 0 Å². The SMILES string of the molecule is CC1(C)c2ccc3ccccc3c2-c2cccc(-c3cccc(-c4c5ccccc5c(-c5cccc(-c6ccccc6)c5)c5ccccc45)c3)c21. The maximum atomic E-state index is 2.43. The summed E-state index contributed by atoms with van der Waals surface area (Å²) in [6.07, 6.45) is 0. The Labute approximate surface area is 299 Å². The summed E-state index contributed by atoms with van der Waals surface area (Å²) in [5, 5.41) is 7.70. The first-order valence-electron chi connectivity index (χ1n) is 17.9. The van der Waals surface area contributed by atoms with Gasteiger partial charge in [0.2, 0.25) is 0 Å². The molecule has 0 atom stereocenters. The highest BCUT2D eigenvalue weighted by molar-refractivity contribution is 6.21. The molecular weight excluding hydrogens is 613 g/mol. The van der Waals surface area contributed by atoms with Gasteiger partial charge in [0.15, 0.2) is 0 Å². The smallest absolute Gasteiger partial charge is 0.0165 e. The first-order chi connectivity index (χ1) is 25.1. The van der Waals surface area contributed by atoms with Crippen LogP contribution < -0.4 is 0 Å². The molecule has 240 valence electrons. The van der Waals surface area contributed by atoms with Crippen LogP contribution in [0, 0.1) is 0 Å². The van der Waals surface area contributed by atoms with E-state index in [1.54, 1.807) is 0 Å². The van der Waals surface area contributed by atoms with Gasteiger partial charge >= 0.3 is 0 Å². The average Bonchev–Trinajstić information content (AvgIpc) is 3.43. The van der Waals surface area contributed by atoms with Crippen molar-refractivity contribution in [2.45, 2.75) is 19.3 Å². The summed E-state index contributed by atoms with van der Waals surface area (Å²) >= 11 is 0. The van der Waals surface area contributed by atoms with Crippen LogP contribution in [-0.4, -0.2) is 0 Å². The molecule has 51 heavy (non-hydrogen) atoms. The van der Waals surface area contributed by atoms with E-state index in [-0.39, 0.29) is 5.41 Å². The molecule has 1 aliphatic carbocycles. The molecule has 1 aliphatic rings. The zero-order valence-corrected chi connectivity index (χ0v) is 28.8. The minimum absolute atomic E-state index is 0.128. The molecule has 9 aromatic rings. The predicted octanol–water partition coefficient (Wildman–Crippen LogP) is 14.1. The van der Waals surface area contributed by atoms with Gasteiger partial charge in [0.1, 0.15) is 0 Å². The summed E-state index contributed by atoms with van der Waals surface area (Å²) < 4.78 is 0. The maximum absolute atomic E-state index is 2.43. The molecule has 0 heteroatoms. The minimum atomic E-state index is -0.128. The van der Waals surface area contributed by atoms with Crippen molar-refractivity contribution in [2.24, 2.45) is 0 Å². The summed E-state index contributed by atoms with van der Waals surface area (Å²) in [7, 11) is 0. The molecule has 0 aromatic heterocycles. The van der Waals surface area contributed by atoms with Crippen LogP contribution in [0.5, 0.6) is 0 Å². The van der Waals surface area contributed by atoms with Crippen LogP contribution in [0.4, 0.5) is 0 Å². The van der Waals surface area contributed by atoms with Crippen LogP contribution in [0.15, 0.2) is 182 Å². The van der Waals surface area contributed by atoms with Crippen molar-refractivity contribution < 1.29 is 0 Å². The quantitative estimate of drug-likeness (QED) is 0.167. The Hall–Kier alpha value is -6.24. The second kappa shape index (κ2) is 11.4. The Bertz CT molecular complexity index is 2760. The first-order valence-corrected chi connectivity index (χ1v) is 17.9. The van der Waals surface area contributed by atoms with E-state index in [1.165, 1.54) is 99.1 Å². The number of hydrogen-bond donors (Lipinski definition) is 0. The number of fused-ring (bicyclic) bond motifs is 7. The number of rotatable bonds is 4. The highest BCUT2D eigenvalue weighted by Crippen LogP contribution is 2.54. The van der Waals surface area contributed by atoms with Gasteiger partial charge in [0.25, 0.3) is 0 Å². The molecule has 0 N–H and O–H groups in total. The van der Waals surface area contributed by atoms with Gasteiger partial charge in [0.05, 0.1) is 0 Å². The van der Waals surface area contributed by atoms with Crippen LogP contribution in [0.1, 0.15) is 25.0 Å². The van der Waals surface area contributed by atoms with E-state index in [9.17, 15) is 0 Å². The van der Waals surface area contributed by atoms with Crippen molar-refractivity contribution in [3.05, 3.63) is 193 Å². The fourth-order valence-corrected chi connectivity index (χ4v) is 8.97. The highest BCUT2D eigenvalue weighted by Gasteiger charge is 2.38. The zero-order valence-electron chi connectivity index (χ0n) is 28.8. The van der Waals surface area contributed by atoms with Crippen molar-refractivity contribution in [1.29, 1.82) is 0 Å². The van der Waals surface area contributed by atoms with Crippen molar-refractivity contribution >= 4 is 32.3 Å². The Morgan fingerprint density at radius 1 is 0.314 bits per heavy atom. The van der Waals surface area contributed by atoms with Gasteiger partial charge in [0, 0.05) is 5.41 Å². The third-order valence-corrected chi connectivity index (χ3v) is 11.2. The van der Waals surface area contributed by atoms with Gasteiger partial charge in [-0.25, -0.2) is 0 Å². The van der Waals surface area contributed by atoms with Crippen LogP contribution >= 0.6 is 0 Å². The molecule has 0 heterocycles. The third kappa shape index (κ3) is 4.53. The van der Waals surface area contributed by atoms with Gasteiger partial charge in [-0.15, -0.1) is 0 Å². The molecule has 0 saturated carbocycles. The molecule has 9 aromatic carbocycles. The van der Waals surface area contributed by atoms with E-state index in [1.807, 2.05) is 0 Å². The summed E-state index contributed by atoms with van der Waals surface area (Å²) in [4.78, 5) is 0. The first kappa shape index (κ1) is 29.7. The van der Waals surface area contributed by atoms with Crippen molar-refractivity contribution in [3.63, 3.8) is 0 Å². The van der Waals surface area contributed by atoms with Gasteiger partial charge < -0.3 is 0 Å². The molecular formula is C51H36. The lowest BCUT2D eigenvalue weighted by molar-refractivity contribution is 0.662. The Balaban J connectivity index is 1.19. The number of hydrogen-bond acceptors (Lipinski definition) is 0. The van der Waals surface area contributed by atoms with Gasteiger partial charge in [-0.2, -0.15) is 0 Å². The molecule has 0 bridgehead atoms. The molecule has 0 nitrogen and oxygen atoms in total. The Morgan fingerprint density at radius 2 is 0.784 bits per heavy atom. The lowest BCUT2D eigenvalue weighted by Crippen LogP contribution is -2.16. The summed E-state index contributed by atoms with van der Waals surface area (Å²) in [5.74, 6) is 0. The average molecular weight is 649 g/mol. The van der Waals surface area contributed by atoms with Gasteiger partial charge in [-0.3, -0.25) is 0 Å². The topological polar surface area (TPSA) is 0 Å². The van der Waals surface area contributed by atoms with E-state index in [0.29, 0.717) is 0 Å². The van der Waals surface area contributed by atoms with Crippen molar-refractivity contribution in [2.75, 3.05) is 0 Å². The predicted molar refractivity (Wildman–Crippen MR) is 218 cm³/mol. The monoisotopic (exact) mass is 648 g/mol. The van der Waals surface area contributed by atoms with E-state index in [4.69, 9.17) is 0 Å². The van der Waals surface area contributed by atoms with Crippen LogP contribution in [0.25, 0.3) is 88.0 Å². The summed E-state index contributed by atoms with van der Waals surface area (Å²) in [6.45, 7) is 4.79. The van der Waals surface area contributed by atoms with E-state index >= 15 is 0 Å². The Morgan fingerprint density at radius 3 is 1.43 bits per heavy atom. The van der Waals surface area contributed by atoms with Gasteiger partial charge in [-0.1, -0.05) is 184 Å². The van der Waals surface area contributed by atoms with Crippen molar-refractivity contribution in [3.8, 4) is 55.6 Å². The largest absolute Gasteiger partial charge is 0.0622 e. The van der Waals surface area contributed by atoms with E-state index in [0.717, 1.165) is 0 Å². The second-order valence-electron chi connectivity index (χ2n) is 14.4. The number of benzene rings is 9. The maximum Gasteiger partial charge on any atom is 0.0165 e. The molecule has 0 unspecified atom stereocenters. The molecule has 0 saturated heterocycles. The normalized spacial score (nSPS) is 13.1. The fourth-order valence-electron chi connectivity index (χ4n) is 8.97. The van der Waals surface area contributed by atoms with E-state index < -0.39 is 0 Å². The molecule has 0 fully saturated rings. The van der Waals surface area contributed by atoms with Crippen LogP contribution in [-0.2, 0) is 5.41 Å². The Kier molecular flexibility index (Phi) is 6.63. The zero-order chi connectivity index (χ0) is 34.1. The fraction of sp³-hybridized carbons (Fsp3) is 0.0588. The van der Waals surface area contributed by atoms with Crippen molar-refractivity contribution in [1.82, 2.24) is 0 Å². The van der Waals surface area contributed by atoms with E-state index in [2.05, 4.69) is 196 Å². The minimum Gasteiger partial charge on any atom is -0.0622 e. The summed E-state index contributed by atoms with van der Waals surface area (Å²) in [5.41, 5.74) is 15.5. The molecule has 10 rings (SSSR count). The lowest BCUT2D eigenvalue weighted by Gasteiger charge is -2.25. The van der Waals surface area contributed by atoms with Crippen LogP contribution in [0.2, 0.25) is 0 Å². The standard InChI is InChI=1S/C51H36/c1-51(2)46-30-29-34-17-6-7-22-39(34)49(46)45-28-14-27-40(50(45)51)36-19-13-21-38(32-36)48-43-25-10-8-23-41(43)47(42-24-9-11-26-44(42)48)37-20-12-18-35(31-37)33-15-4-3-5-16-33/h3-32H,1-2H3. The highest BCUT2D eigenvalue weighted by atomic mass is 14.4. The second-order valence-corrected chi connectivity index (χ2v) is 14.4. The lowest BCUT2D eigenvalue weighted by atomic mass is 9.78. The third-order valence-electron chi connectivity index (χ3n) is 11.2. The molecule has 0 aliphatic heterocycles. The molecule has 0 amide bonds. The molecule has 0 radical (unpaired) electrons. The van der Waals surface area contributed by atoms with Gasteiger partial charge in [-0.05, 0) is 111 Å².